The lowest BCUT2D eigenvalue weighted by atomic mass is 9.84. The molecule has 1 N–H and O–H groups in total. The first-order valence-corrected chi connectivity index (χ1v) is 7.06. The van der Waals surface area contributed by atoms with Gasteiger partial charge in [-0.3, -0.25) is 4.79 Å². The second-order valence-corrected chi connectivity index (χ2v) is 5.59. The standard InChI is InChI=1S/C15H19ClO2/c16-14(10-15(17)18)13-8-6-12(7-9-13)11-4-2-1-3-5-11/h6-9,11,14H,1-5,10H2,(H,17,18). The van der Waals surface area contributed by atoms with E-state index in [0.29, 0.717) is 5.92 Å². The van der Waals surface area contributed by atoms with Crippen LogP contribution in [0, 0.1) is 0 Å². The van der Waals surface area contributed by atoms with Crippen molar-refractivity contribution < 1.29 is 9.90 Å². The van der Waals surface area contributed by atoms with Crippen molar-refractivity contribution in [2.45, 2.75) is 49.8 Å². The smallest absolute Gasteiger partial charge is 0.305 e. The lowest BCUT2D eigenvalue weighted by Crippen LogP contribution is -2.05. The maximum absolute atomic E-state index is 10.6. The van der Waals surface area contributed by atoms with Crippen LogP contribution in [0.1, 0.15) is 60.9 Å². The third kappa shape index (κ3) is 3.49. The molecule has 0 saturated heterocycles. The summed E-state index contributed by atoms with van der Waals surface area (Å²) in [7, 11) is 0. The molecule has 0 spiro atoms. The fourth-order valence-electron chi connectivity index (χ4n) is 2.68. The van der Waals surface area contributed by atoms with Gasteiger partial charge in [0.2, 0.25) is 0 Å². The van der Waals surface area contributed by atoms with Crippen LogP contribution in [-0.4, -0.2) is 11.1 Å². The van der Waals surface area contributed by atoms with E-state index in [1.807, 2.05) is 12.1 Å². The summed E-state index contributed by atoms with van der Waals surface area (Å²) >= 11 is 6.06. The number of alkyl halides is 1. The number of carboxylic acids is 1. The van der Waals surface area contributed by atoms with Crippen LogP contribution in [0.5, 0.6) is 0 Å². The molecule has 2 rings (SSSR count). The van der Waals surface area contributed by atoms with Crippen LogP contribution in [-0.2, 0) is 4.79 Å². The van der Waals surface area contributed by atoms with Gasteiger partial charge in [-0.05, 0) is 29.9 Å². The van der Waals surface area contributed by atoms with Crippen LogP contribution in [0.2, 0.25) is 0 Å². The highest BCUT2D eigenvalue weighted by Crippen LogP contribution is 2.33. The van der Waals surface area contributed by atoms with Gasteiger partial charge in [-0.15, -0.1) is 11.6 Å². The van der Waals surface area contributed by atoms with E-state index in [0.717, 1.165) is 5.56 Å². The third-order valence-corrected chi connectivity index (χ3v) is 4.13. The summed E-state index contributed by atoms with van der Waals surface area (Å²) in [5.41, 5.74) is 2.27. The molecule has 1 aromatic rings. The summed E-state index contributed by atoms with van der Waals surface area (Å²) < 4.78 is 0. The molecule has 1 aliphatic carbocycles. The zero-order chi connectivity index (χ0) is 13.0. The van der Waals surface area contributed by atoms with E-state index in [1.165, 1.54) is 37.7 Å². The minimum atomic E-state index is -0.855. The Balaban J connectivity index is 2.02. The monoisotopic (exact) mass is 266 g/mol. The highest BCUT2D eigenvalue weighted by Gasteiger charge is 2.16. The van der Waals surface area contributed by atoms with Crippen LogP contribution in [0.4, 0.5) is 0 Å². The quantitative estimate of drug-likeness (QED) is 0.816. The van der Waals surface area contributed by atoms with Gasteiger partial charge in [0.1, 0.15) is 0 Å². The molecule has 1 fully saturated rings. The molecule has 0 heterocycles. The molecule has 18 heavy (non-hydrogen) atoms. The Morgan fingerprint density at radius 2 is 1.83 bits per heavy atom. The van der Waals surface area contributed by atoms with E-state index in [9.17, 15) is 4.79 Å². The molecule has 0 aromatic heterocycles. The zero-order valence-electron chi connectivity index (χ0n) is 10.4. The number of carboxylic acid groups (broad SMARTS) is 1. The van der Waals surface area contributed by atoms with Crippen molar-refractivity contribution in [3.8, 4) is 0 Å². The molecule has 0 bridgehead atoms. The van der Waals surface area contributed by atoms with Crippen molar-refractivity contribution in [2.75, 3.05) is 0 Å². The van der Waals surface area contributed by atoms with Gasteiger partial charge in [-0.2, -0.15) is 0 Å². The van der Waals surface area contributed by atoms with E-state index >= 15 is 0 Å². The fraction of sp³-hybridized carbons (Fsp3) is 0.533. The number of aliphatic carboxylic acids is 1. The predicted octanol–water partition coefficient (Wildman–Crippen LogP) is 4.49. The maximum Gasteiger partial charge on any atom is 0.305 e. The predicted molar refractivity (Wildman–Crippen MR) is 73.1 cm³/mol. The van der Waals surface area contributed by atoms with Gasteiger partial charge in [0.05, 0.1) is 11.8 Å². The lowest BCUT2D eigenvalue weighted by molar-refractivity contribution is -0.137. The lowest BCUT2D eigenvalue weighted by Gasteiger charge is -2.22. The number of benzene rings is 1. The van der Waals surface area contributed by atoms with Crippen molar-refractivity contribution >= 4 is 17.6 Å². The van der Waals surface area contributed by atoms with Crippen LogP contribution in [0.3, 0.4) is 0 Å². The molecule has 0 aliphatic heterocycles. The van der Waals surface area contributed by atoms with Crippen molar-refractivity contribution in [1.82, 2.24) is 0 Å². The normalized spacial score (nSPS) is 18.5. The number of hydrogen-bond donors (Lipinski definition) is 1. The second-order valence-electron chi connectivity index (χ2n) is 5.07. The first kappa shape index (κ1) is 13.4. The van der Waals surface area contributed by atoms with Gasteiger partial charge in [0.25, 0.3) is 0 Å². The Bertz CT molecular complexity index is 393. The van der Waals surface area contributed by atoms with Crippen molar-refractivity contribution in [2.24, 2.45) is 0 Å². The largest absolute Gasteiger partial charge is 0.481 e. The summed E-state index contributed by atoms with van der Waals surface area (Å²) in [6.07, 6.45) is 6.53. The average molecular weight is 267 g/mol. The Labute approximate surface area is 113 Å². The summed E-state index contributed by atoms with van der Waals surface area (Å²) in [4.78, 5) is 10.6. The first-order valence-electron chi connectivity index (χ1n) is 6.62. The van der Waals surface area contributed by atoms with Gasteiger partial charge < -0.3 is 5.11 Å². The highest BCUT2D eigenvalue weighted by atomic mass is 35.5. The highest BCUT2D eigenvalue weighted by molar-refractivity contribution is 6.21. The molecule has 3 heteroatoms. The molecule has 0 amide bonds. The van der Waals surface area contributed by atoms with Gasteiger partial charge in [-0.25, -0.2) is 0 Å². The van der Waals surface area contributed by atoms with E-state index in [2.05, 4.69) is 12.1 Å². The SMILES string of the molecule is O=C(O)CC(Cl)c1ccc(C2CCCCC2)cc1. The molecular weight excluding hydrogens is 248 g/mol. The Hall–Kier alpha value is -1.02. The summed E-state index contributed by atoms with van der Waals surface area (Å²) in [6.45, 7) is 0. The van der Waals surface area contributed by atoms with Gasteiger partial charge in [0.15, 0.2) is 0 Å². The maximum atomic E-state index is 10.6. The number of hydrogen-bond acceptors (Lipinski definition) is 1. The third-order valence-electron chi connectivity index (χ3n) is 3.73. The van der Waals surface area contributed by atoms with Crippen LogP contribution in [0.25, 0.3) is 0 Å². The molecule has 1 aliphatic rings. The molecule has 1 unspecified atom stereocenters. The average Bonchev–Trinajstić information content (AvgIpc) is 2.39. The number of rotatable bonds is 4. The van der Waals surface area contributed by atoms with E-state index < -0.39 is 11.3 Å². The van der Waals surface area contributed by atoms with Crippen molar-refractivity contribution in [1.29, 1.82) is 0 Å². The van der Waals surface area contributed by atoms with E-state index in [4.69, 9.17) is 16.7 Å². The summed E-state index contributed by atoms with van der Waals surface area (Å²) in [5, 5.41) is 8.29. The Kier molecular flexibility index (Phi) is 4.65. The van der Waals surface area contributed by atoms with E-state index in [1.54, 1.807) is 0 Å². The molecule has 98 valence electrons. The molecular formula is C15H19ClO2. The number of halogens is 1. The van der Waals surface area contributed by atoms with Gasteiger partial charge in [0, 0.05) is 0 Å². The van der Waals surface area contributed by atoms with Gasteiger partial charge >= 0.3 is 5.97 Å². The Morgan fingerprint density at radius 1 is 1.22 bits per heavy atom. The van der Waals surface area contributed by atoms with Gasteiger partial charge in [-0.1, -0.05) is 43.5 Å². The second kappa shape index (κ2) is 6.24. The van der Waals surface area contributed by atoms with Crippen LogP contribution >= 0.6 is 11.6 Å². The number of carbonyl (C=O) groups is 1. The minimum Gasteiger partial charge on any atom is -0.481 e. The molecule has 1 saturated carbocycles. The summed E-state index contributed by atoms with van der Waals surface area (Å²) in [5.74, 6) is -0.174. The zero-order valence-corrected chi connectivity index (χ0v) is 11.2. The van der Waals surface area contributed by atoms with Crippen LogP contribution in [0.15, 0.2) is 24.3 Å². The minimum absolute atomic E-state index is 0.0235. The van der Waals surface area contributed by atoms with Crippen LogP contribution < -0.4 is 0 Å². The summed E-state index contributed by atoms with van der Waals surface area (Å²) in [6, 6.07) is 8.18. The molecule has 2 nitrogen and oxygen atoms in total. The molecule has 0 radical (unpaired) electrons. The topological polar surface area (TPSA) is 37.3 Å². The molecule has 1 atom stereocenters. The Morgan fingerprint density at radius 3 is 2.39 bits per heavy atom. The fourth-order valence-corrected chi connectivity index (χ4v) is 2.96. The molecule has 1 aromatic carbocycles. The van der Waals surface area contributed by atoms with Crippen molar-refractivity contribution in [3.63, 3.8) is 0 Å². The first-order chi connectivity index (χ1) is 8.66. The van der Waals surface area contributed by atoms with Crippen molar-refractivity contribution in [3.05, 3.63) is 35.4 Å². The van der Waals surface area contributed by atoms with E-state index in [-0.39, 0.29) is 6.42 Å².